The molecule has 8 heteroatoms. The highest BCUT2D eigenvalue weighted by Gasteiger charge is 2.25. The molecule has 0 saturated carbocycles. The number of nitrogens with one attached hydrogen (secondary N) is 1. The maximum absolute atomic E-state index is 12.1. The lowest BCUT2D eigenvalue weighted by Gasteiger charge is -2.33. The van der Waals surface area contributed by atoms with Crippen molar-refractivity contribution in [2.24, 2.45) is 5.92 Å². The number of carbonyl (C=O) groups excluding carboxylic acids is 1. The molecule has 0 aliphatic carbocycles. The molecule has 2 heterocycles. The van der Waals surface area contributed by atoms with E-state index in [9.17, 15) is 13.2 Å². The van der Waals surface area contributed by atoms with E-state index in [1.807, 2.05) is 0 Å². The number of piperidine rings is 1. The van der Waals surface area contributed by atoms with Crippen LogP contribution < -0.4 is 4.72 Å². The molecular formula is C14H22N4O3S. The van der Waals surface area contributed by atoms with Crippen LogP contribution in [0.2, 0.25) is 0 Å². The topological polar surface area (TPSA) is 82.6 Å². The molecule has 0 unspecified atom stereocenters. The van der Waals surface area contributed by atoms with Crippen molar-refractivity contribution in [2.45, 2.75) is 17.7 Å². The number of hydrogen-bond acceptors (Lipinski definition) is 4. The van der Waals surface area contributed by atoms with Gasteiger partial charge >= 0.3 is 6.03 Å². The van der Waals surface area contributed by atoms with Crippen molar-refractivity contribution >= 4 is 16.1 Å². The van der Waals surface area contributed by atoms with Gasteiger partial charge in [0.15, 0.2) is 0 Å². The summed E-state index contributed by atoms with van der Waals surface area (Å²) in [4.78, 5) is 19.2. The summed E-state index contributed by atoms with van der Waals surface area (Å²) in [5.74, 6) is 0.248. The van der Waals surface area contributed by atoms with Crippen molar-refractivity contribution in [3.63, 3.8) is 0 Å². The van der Waals surface area contributed by atoms with Crippen LogP contribution in [0.5, 0.6) is 0 Å². The fourth-order valence-electron chi connectivity index (χ4n) is 2.43. The first kappa shape index (κ1) is 16.7. The lowest BCUT2D eigenvalue weighted by Crippen LogP contribution is -2.45. The fourth-order valence-corrected chi connectivity index (χ4v) is 3.51. The molecule has 0 spiro atoms. The average Bonchev–Trinajstić information content (AvgIpc) is 2.53. The summed E-state index contributed by atoms with van der Waals surface area (Å²) in [6.45, 7) is 1.72. The normalized spacial score (nSPS) is 16.5. The second-order valence-electron chi connectivity index (χ2n) is 5.65. The van der Waals surface area contributed by atoms with E-state index < -0.39 is 10.0 Å². The highest BCUT2D eigenvalue weighted by atomic mass is 32.2. The number of rotatable bonds is 4. The molecule has 1 aromatic heterocycles. The van der Waals surface area contributed by atoms with E-state index in [1.54, 1.807) is 30.0 Å². The van der Waals surface area contributed by atoms with Gasteiger partial charge < -0.3 is 9.80 Å². The third-order valence-electron chi connectivity index (χ3n) is 3.77. The number of urea groups is 1. The van der Waals surface area contributed by atoms with Crippen LogP contribution in [0.3, 0.4) is 0 Å². The summed E-state index contributed by atoms with van der Waals surface area (Å²) in [6.07, 6.45) is 4.47. The number of nitrogens with zero attached hydrogens (tertiary/aromatic N) is 3. The third-order valence-corrected chi connectivity index (χ3v) is 5.18. The highest BCUT2D eigenvalue weighted by molar-refractivity contribution is 7.89. The Morgan fingerprint density at radius 2 is 2.09 bits per heavy atom. The molecule has 22 heavy (non-hydrogen) atoms. The van der Waals surface area contributed by atoms with Crippen LogP contribution in [0.15, 0.2) is 29.4 Å². The van der Waals surface area contributed by atoms with Crippen molar-refractivity contribution in [1.82, 2.24) is 19.5 Å². The van der Waals surface area contributed by atoms with Crippen LogP contribution >= 0.6 is 0 Å². The molecule has 1 aliphatic rings. The van der Waals surface area contributed by atoms with E-state index in [2.05, 4.69) is 9.71 Å². The van der Waals surface area contributed by atoms with E-state index in [4.69, 9.17) is 0 Å². The van der Waals surface area contributed by atoms with E-state index in [0.717, 1.165) is 12.8 Å². The van der Waals surface area contributed by atoms with Gasteiger partial charge in [0.05, 0.1) is 0 Å². The Hall–Kier alpha value is -1.67. The molecule has 0 atom stereocenters. The molecule has 1 saturated heterocycles. The molecule has 1 aliphatic heterocycles. The summed E-state index contributed by atoms with van der Waals surface area (Å²) < 4.78 is 26.9. The standard InChI is InChI=1S/C14H22N4O3S/c1-17(2)14(19)18-8-5-12(6-9-18)10-16-22(20,21)13-4-3-7-15-11-13/h3-4,7,11-12,16H,5-6,8-10H2,1-2H3. The SMILES string of the molecule is CN(C)C(=O)N1CCC(CNS(=O)(=O)c2cccnc2)CC1. The van der Waals surface area contributed by atoms with Gasteiger partial charge in [-0.3, -0.25) is 4.98 Å². The zero-order chi connectivity index (χ0) is 16.2. The molecule has 2 amide bonds. The first-order chi connectivity index (χ1) is 10.4. The van der Waals surface area contributed by atoms with Gasteiger partial charge in [-0.2, -0.15) is 0 Å². The number of pyridine rings is 1. The largest absolute Gasteiger partial charge is 0.331 e. The summed E-state index contributed by atoms with van der Waals surface area (Å²) >= 11 is 0. The van der Waals surface area contributed by atoms with E-state index in [1.165, 1.54) is 18.5 Å². The fraction of sp³-hybridized carbons (Fsp3) is 0.571. The highest BCUT2D eigenvalue weighted by Crippen LogP contribution is 2.18. The number of amides is 2. The molecule has 0 bridgehead atoms. The maximum atomic E-state index is 12.1. The van der Waals surface area contributed by atoms with Gasteiger partial charge in [0.25, 0.3) is 0 Å². The van der Waals surface area contributed by atoms with Gasteiger partial charge in [0.1, 0.15) is 4.90 Å². The quantitative estimate of drug-likeness (QED) is 0.885. The molecule has 1 aromatic rings. The maximum Gasteiger partial charge on any atom is 0.319 e. The smallest absolute Gasteiger partial charge is 0.319 e. The Kier molecular flexibility index (Phi) is 5.36. The van der Waals surface area contributed by atoms with Crippen LogP contribution in [-0.2, 0) is 10.0 Å². The van der Waals surface area contributed by atoms with Crippen LogP contribution in [0.1, 0.15) is 12.8 Å². The molecule has 7 nitrogen and oxygen atoms in total. The van der Waals surface area contributed by atoms with Crippen LogP contribution in [-0.4, -0.2) is 63.0 Å². The van der Waals surface area contributed by atoms with Crippen LogP contribution in [0, 0.1) is 5.92 Å². The minimum absolute atomic E-state index is 0.00870. The number of hydrogen-bond donors (Lipinski definition) is 1. The minimum Gasteiger partial charge on any atom is -0.331 e. The lowest BCUT2D eigenvalue weighted by molar-refractivity contribution is 0.148. The Morgan fingerprint density at radius 1 is 1.41 bits per heavy atom. The van der Waals surface area contributed by atoms with Crippen molar-refractivity contribution in [3.05, 3.63) is 24.5 Å². The Labute approximate surface area is 131 Å². The summed E-state index contributed by atoms with van der Waals surface area (Å²) in [6, 6.07) is 3.13. The first-order valence-corrected chi connectivity index (χ1v) is 8.74. The second-order valence-corrected chi connectivity index (χ2v) is 7.42. The summed E-state index contributed by atoms with van der Waals surface area (Å²) in [5.41, 5.74) is 0. The van der Waals surface area contributed by atoms with Crippen molar-refractivity contribution in [1.29, 1.82) is 0 Å². The third kappa shape index (κ3) is 4.17. The zero-order valence-corrected chi connectivity index (χ0v) is 13.7. The number of carbonyl (C=O) groups is 1. The Balaban J connectivity index is 1.83. The molecule has 2 rings (SSSR count). The molecule has 1 fully saturated rings. The van der Waals surface area contributed by atoms with E-state index in [0.29, 0.717) is 19.6 Å². The number of sulfonamides is 1. The van der Waals surface area contributed by atoms with Crippen molar-refractivity contribution in [2.75, 3.05) is 33.7 Å². The molecule has 0 radical (unpaired) electrons. The minimum atomic E-state index is -3.50. The van der Waals surface area contributed by atoms with Gasteiger partial charge in [-0.25, -0.2) is 17.9 Å². The predicted octanol–water partition coefficient (Wildman–Crippen LogP) is 0.754. The van der Waals surface area contributed by atoms with Gasteiger partial charge in [-0.1, -0.05) is 0 Å². The van der Waals surface area contributed by atoms with Gasteiger partial charge in [-0.15, -0.1) is 0 Å². The Morgan fingerprint density at radius 3 is 2.64 bits per heavy atom. The molecule has 122 valence electrons. The van der Waals surface area contributed by atoms with Crippen LogP contribution in [0.25, 0.3) is 0 Å². The van der Waals surface area contributed by atoms with E-state index in [-0.39, 0.29) is 16.8 Å². The summed E-state index contributed by atoms with van der Waals surface area (Å²) in [7, 11) is -0.0391. The van der Waals surface area contributed by atoms with Crippen molar-refractivity contribution in [3.8, 4) is 0 Å². The Bertz CT molecular complexity index is 596. The summed E-state index contributed by atoms with van der Waals surface area (Å²) in [5, 5.41) is 0. The molecule has 0 aromatic carbocycles. The lowest BCUT2D eigenvalue weighted by atomic mass is 9.97. The van der Waals surface area contributed by atoms with Crippen LogP contribution in [0.4, 0.5) is 4.79 Å². The first-order valence-electron chi connectivity index (χ1n) is 7.26. The second kappa shape index (κ2) is 7.06. The van der Waals surface area contributed by atoms with Gasteiger partial charge in [0.2, 0.25) is 10.0 Å². The van der Waals surface area contributed by atoms with Crippen molar-refractivity contribution < 1.29 is 13.2 Å². The van der Waals surface area contributed by atoms with Gasteiger partial charge in [0, 0.05) is 46.1 Å². The number of likely N-dealkylation sites (tertiary alicyclic amines) is 1. The average molecular weight is 326 g/mol. The predicted molar refractivity (Wildman–Crippen MR) is 82.8 cm³/mol. The number of aromatic nitrogens is 1. The van der Waals surface area contributed by atoms with E-state index >= 15 is 0 Å². The van der Waals surface area contributed by atoms with Gasteiger partial charge in [-0.05, 0) is 30.9 Å². The molecule has 1 N–H and O–H groups in total. The molecular weight excluding hydrogens is 304 g/mol. The zero-order valence-electron chi connectivity index (χ0n) is 12.9. The monoisotopic (exact) mass is 326 g/mol.